The largest absolute Gasteiger partial charge is 0.476 e. The Bertz CT molecular complexity index is 340. The minimum Gasteiger partial charge on any atom is -0.476 e. The highest BCUT2D eigenvalue weighted by Crippen LogP contribution is 2.28. The lowest BCUT2D eigenvalue weighted by Crippen LogP contribution is -1.96. The molecular weight excluding hydrogens is 192 g/mol. The maximum atomic E-state index is 10.6. The molecule has 15 heavy (non-hydrogen) atoms. The van der Waals surface area contributed by atoms with E-state index in [0.29, 0.717) is 0 Å². The third-order valence-electron chi connectivity index (χ3n) is 3.15. The summed E-state index contributed by atoms with van der Waals surface area (Å²) in [6, 6.07) is 1.64. The fourth-order valence-corrected chi connectivity index (χ4v) is 2.26. The molecule has 0 bridgehead atoms. The van der Waals surface area contributed by atoms with Crippen LogP contribution in [0.5, 0.6) is 0 Å². The molecule has 1 aliphatic rings. The van der Waals surface area contributed by atoms with Crippen LogP contribution in [0.15, 0.2) is 6.07 Å². The summed E-state index contributed by atoms with van der Waals surface area (Å²) in [6.07, 6.45) is 7.45. The van der Waals surface area contributed by atoms with Gasteiger partial charge in [-0.25, -0.2) is 4.79 Å². The van der Waals surface area contributed by atoms with Crippen LogP contribution < -0.4 is 0 Å². The third-order valence-corrected chi connectivity index (χ3v) is 3.15. The lowest BCUT2D eigenvalue weighted by Gasteiger charge is -2.06. The Labute approximate surface area is 88.7 Å². The number of aromatic amines is 1. The molecule has 2 N–H and O–H groups in total. The van der Waals surface area contributed by atoms with E-state index >= 15 is 0 Å². The number of carboxylic acids is 1. The van der Waals surface area contributed by atoms with E-state index in [2.05, 4.69) is 10.2 Å². The van der Waals surface area contributed by atoms with Gasteiger partial charge in [0.2, 0.25) is 0 Å². The molecule has 0 aliphatic heterocycles. The first-order chi connectivity index (χ1) is 7.25. The fourth-order valence-electron chi connectivity index (χ4n) is 2.26. The molecule has 2 rings (SSSR count). The highest BCUT2D eigenvalue weighted by molar-refractivity contribution is 5.85. The zero-order valence-electron chi connectivity index (χ0n) is 8.70. The monoisotopic (exact) mass is 208 g/mol. The smallest absolute Gasteiger partial charge is 0.356 e. The number of carboxylic acid groups (broad SMARTS) is 1. The predicted octanol–water partition coefficient (Wildman–Crippen LogP) is 2.23. The van der Waals surface area contributed by atoms with Gasteiger partial charge in [-0.3, -0.25) is 5.10 Å². The van der Waals surface area contributed by atoms with Crippen molar-refractivity contribution in [3.63, 3.8) is 0 Å². The number of carbonyl (C=O) groups is 1. The SMILES string of the molecule is O=C(O)c1cc(CCC2CCCC2)[nH]n1. The molecule has 1 aliphatic carbocycles. The first-order valence-electron chi connectivity index (χ1n) is 5.53. The number of hydrogen-bond donors (Lipinski definition) is 2. The fraction of sp³-hybridized carbons (Fsp3) is 0.636. The molecule has 1 heterocycles. The molecule has 0 spiro atoms. The molecule has 4 heteroatoms. The lowest BCUT2D eigenvalue weighted by atomic mass is 10.0. The molecule has 82 valence electrons. The van der Waals surface area contributed by atoms with E-state index in [1.165, 1.54) is 25.7 Å². The van der Waals surface area contributed by atoms with Gasteiger partial charge < -0.3 is 5.11 Å². The Morgan fingerprint density at radius 3 is 2.87 bits per heavy atom. The second-order valence-corrected chi connectivity index (χ2v) is 4.27. The van der Waals surface area contributed by atoms with Crippen LogP contribution in [0.25, 0.3) is 0 Å². The normalized spacial score (nSPS) is 17.1. The molecular formula is C11H16N2O2. The summed E-state index contributed by atoms with van der Waals surface area (Å²) in [4.78, 5) is 10.6. The summed E-state index contributed by atoms with van der Waals surface area (Å²) in [5.74, 6) is -0.125. The van der Waals surface area contributed by atoms with Gasteiger partial charge in [0.1, 0.15) is 0 Å². The molecule has 4 nitrogen and oxygen atoms in total. The van der Waals surface area contributed by atoms with Crippen molar-refractivity contribution in [3.05, 3.63) is 17.5 Å². The maximum absolute atomic E-state index is 10.6. The molecule has 0 aromatic carbocycles. The number of nitrogens with one attached hydrogen (secondary N) is 1. The molecule has 1 fully saturated rings. The summed E-state index contributed by atoms with van der Waals surface area (Å²) in [7, 11) is 0. The topological polar surface area (TPSA) is 66.0 Å². The molecule has 1 aromatic rings. The van der Waals surface area contributed by atoms with Crippen molar-refractivity contribution in [2.75, 3.05) is 0 Å². The summed E-state index contributed by atoms with van der Waals surface area (Å²) < 4.78 is 0. The van der Waals surface area contributed by atoms with E-state index in [1.54, 1.807) is 6.07 Å². The Morgan fingerprint density at radius 1 is 1.53 bits per heavy atom. The molecule has 0 unspecified atom stereocenters. The van der Waals surface area contributed by atoms with Crippen molar-refractivity contribution in [1.29, 1.82) is 0 Å². The van der Waals surface area contributed by atoms with E-state index in [-0.39, 0.29) is 5.69 Å². The van der Waals surface area contributed by atoms with Crippen molar-refractivity contribution < 1.29 is 9.90 Å². The molecule has 1 aromatic heterocycles. The van der Waals surface area contributed by atoms with Gasteiger partial charge in [-0.1, -0.05) is 25.7 Å². The number of H-pyrrole nitrogens is 1. The number of aromatic carboxylic acids is 1. The molecule has 0 saturated heterocycles. The van der Waals surface area contributed by atoms with Gasteiger partial charge in [0.05, 0.1) is 0 Å². The molecule has 0 atom stereocenters. The second-order valence-electron chi connectivity index (χ2n) is 4.27. The van der Waals surface area contributed by atoms with Crippen molar-refractivity contribution >= 4 is 5.97 Å². The van der Waals surface area contributed by atoms with E-state index in [4.69, 9.17) is 5.11 Å². The quantitative estimate of drug-likeness (QED) is 0.797. The maximum Gasteiger partial charge on any atom is 0.356 e. The number of aromatic nitrogens is 2. The highest BCUT2D eigenvalue weighted by Gasteiger charge is 2.15. The van der Waals surface area contributed by atoms with Gasteiger partial charge in [0, 0.05) is 5.69 Å². The Balaban J connectivity index is 1.84. The zero-order chi connectivity index (χ0) is 10.7. The number of hydrogen-bond acceptors (Lipinski definition) is 2. The summed E-state index contributed by atoms with van der Waals surface area (Å²) in [5, 5.41) is 15.2. The average Bonchev–Trinajstić information content (AvgIpc) is 2.86. The van der Waals surface area contributed by atoms with E-state index in [9.17, 15) is 4.79 Å². The van der Waals surface area contributed by atoms with Crippen molar-refractivity contribution in [2.24, 2.45) is 5.92 Å². The third kappa shape index (κ3) is 2.58. The van der Waals surface area contributed by atoms with Crippen LogP contribution in [-0.4, -0.2) is 21.3 Å². The number of rotatable bonds is 4. The molecule has 0 radical (unpaired) electrons. The van der Waals surface area contributed by atoms with Gasteiger partial charge in [-0.05, 0) is 24.8 Å². The van der Waals surface area contributed by atoms with Gasteiger partial charge >= 0.3 is 5.97 Å². The number of aryl methyl sites for hydroxylation is 1. The predicted molar refractivity (Wildman–Crippen MR) is 55.8 cm³/mol. The summed E-state index contributed by atoms with van der Waals surface area (Å²) >= 11 is 0. The van der Waals surface area contributed by atoms with Crippen LogP contribution in [0.4, 0.5) is 0 Å². The zero-order valence-corrected chi connectivity index (χ0v) is 8.70. The summed E-state index contributed by atoms with van der Waals surface area (Å²) in [5.41, 5.74) is 1.07. The Hall–Kier alpha value is -1.32. The second kappa shape index (κ2) is 4.47. The van der Waals surface area contributed by atoms with E-state index < -0.39 is 5.97 Å². The van der Waals surface area contributed by atoms with Crippen LogP contribution in [0.2, 0.25) is 0 Å². The highest BCUT2D eigenvalue weighted by atomic mass is 16.4. The lowest BCUT2D eigenvalue weighted by molar-refractivity contribution is 0.0690. The van der Waals surface area contributed by atoms with Crippen molar-refractivity contribution in [1.82, 2.24) is 10.2 Å². The molecule has 0 amide bonds. The standard InChI is InChI=1S/C11H16N2O2/c14-11(15)10-7-9(12-13-10)6-5-8-3-1-2-4-8/h7-8H,1-6H2,(H,12,13)(H,14,15). The minimum absolute atomic E-state index is 0.122. The van der Waals surface area contributed by atoms with Gasteiger partial charge in [-0.2, -0.15) is 5.10 Å². The first kappa shape index (κ1) is 10.2. The molecule has 1 saturated carbocycles. The van der Waals surface area contributed by atoms with Crippen molar-refractivity contribution in [3.8, 4) is 0 Å². The van der Waals surface area contributed by atoms with Crippen LogP contribution in [0, 0.1) is 5.92 Å². The minimum atomic E-state index is -0.960. The number of nitrogens with zero attached hydrogens (tertiary/aromatic N) is 1. The Morgan fingerprint density at radius 2 is 2.27 bits per heavy atom. The first-order valence-corrected chi connectivity index (χ1v) is 5.53. The average molecular weight is 208 g/mol. The van der Waals surface area contributed by atoms with E-state index in [1.807, 2.05) is 0 Å². The van der Waals surface area contributed by atoms with Crippen LogP contribution in [-0.2, 0) is 6.42 Å². The van der Waals surface area contributed by atoms with Crippen molar-refractivity contribution in [2.45, 2.75) is 38.5 Å². The summed E-state index contributed by atoms with van der Waals surface area (Å²) in [6.45, 7) is 0. The van der Waals surface area contributed by atoms with Crippen LogP contribution in [0.3, 0.4) is 0 Å². The van der Waals surface area contributed by atoms with Crippen LogP contribution in [0.1, 0.15) is 48.3 Å². The van der Waals surface area contributed by atoms with Gasteiger partial charge in [-0.15, -0.1) is 0 Å². The van der Waals surface area contributed by atoms with Crippen LogP contribution >= 0.6 is 0 Å². The van der Waals surface area contributed by atoms with Gasteiger partial charge in [0.15, 0.2) is 5.69 Å². The Kier molecular flexibility index (Phi) is 3.04. The van der Waals surface area contributed by atoms with Gasteiger partial charge in [0.25, 0.3) is 0 Å². The van der Waals surface area contributed by atoms with E-state index in [0.717, 1.165) is 24.5 Å².